The SMILES string of the molecule is Cc1cccc2c1-c1ccc(O)cc1C2=O. The van der Waals surface area contributed by atoms with Gasteiger partial charge >= 0.3 is 0 Å². The van der Waals surface area contributed by atoms with Crippen molar-refractivity contribution in [2.75, 3.05) is 0 Å². The summed E-state index contributed by atoms with van der Waals surface area (Å²) in [5.41, 5.74) is 4.36. The van der Waals surface area contributed by atoms with Crippen LogP contribution in [0.25, 0.3) is 11.1 Å². The Hall–Kier alpha value is -2.09. The molecule has 0 fully saturated rings. The molecule has 0 aromatic heterocycles. The molecule has 1 N–H and O–H groups in total. The number of fused-ring (bicyclic) bond motifs is 3. The van der Waals surface area contributed by atoms with Crippen LogP contribution in [0.4, 0.5) is 0 Å². The minimum absolute atomic E-state index is 0.00426. The van der Waals surface area contributed by atoms with Gasteiger partial charge in [0, 0.05) is 11.1 Å². The molecular weight excluding hydrogens is 200 g/mol. The Morgan fingerprint density at radius 1 is 1.00 bits per heavy atom. The number of ketones is 1. The molecule has 0 saturated heterocycles. The second kappa shape index (κ2) is 2.95. The van der Waals surface area contributed by atoms with Crippen LogP contribution < -0.4 is 0 Å². The minimum atomic E-state index is 0.00426. The highest BCUT2D eigenvalue weighted by atomic mass is 16.3. The van der Waals surface area contributed by atoms with Gasteiger partial charge in [-0.25, -0.2) is 0 Å². The van der Waals surface area contributed by atoms with Crippen LogP contribution >= 0.6 is 0 Å². The molecule has 0 unspecified atom stereocenters. The second-order valence-electron chi connectivity index (χ2n) is 4.06. The third-order valence-electron chi connectivity index (χ3n) is 3.03. The average Bonchev–Trinajstić information content (AvgIpc) is 2.55. The van der Waals surface area contributed by atoms with E-state index in [1.807, 2.05) is 25.1 Å². The summed E-state index contributed by atoms with van der Waals surface area (Å²) in [6, 6.07) is 10.7. The van der Waals surface area contributed by atoms with Crippen LogP contribution in [0.5, 0.6) is 5.75 Å². The van der Waals surface area contributed by atoms with Gasteiger partial charge in [0.15, 0.2) is 5.78 Å². The molecule has 0 amide bonds. The van der Waals surface area contributed by atoms with Crippen molar-refractivity contribution in [1.82, 2.24) is 0 Å². The topological polar surface area (TPSA) is 37.3 Å². The van der Waals surface area contributed by atoms with Gasteiger partial charge in [-0.2, -0.15) is 0 Å². The van der Waals surface area contributed by atoms with E-state index in [1.165, 1.54) is 6.07 Å². The molecule has 0 radical (unpaired) electrons. The number of benzene rings is 2. The molecule has 0 aliphatic heterocycles. The summed E-state index contributed by atoms with van der Waals surface area (Å²) in [6.45, 7) is 1.99. The number of aromatic hydroxyl groups is 1. The summed E-state index contributed by atoms with van der Waals surface area (Å²) in [6.07, 6.45) is 0. The van der Waals surface area contributed by atoms with Crippen LogP contribution in [0, 0.1) is 6.92 Å². The van der Waals surface area contributed by atoms with Crippen molar-refractivity contribution in [3.8, 4) is 16.9 Å². The largest absolute Gasteiger partial charge is 0.508 e. The lowest BCUT2D eigenvalue weighted by Gasteiger charge is -2.03. The Morgan fingerprint density at radius 3 is 2.62 bits per heavy atom. The molecule has 3 rings (SSSR count). The summed E-state index contributed by atoms with van der Waals surface area (Å²) in [7, 11) is 0. The summed E-state index contributed by atoms with van der Waals surface area (Å²) in [4.78, 5) is 12.1. The lowest BCUT2D eigenvalue weighted by molar-refractivity contribution is 0.104. The third kappa shape index (κ3) is 1.04. The molecule has 16 heavy (non-hydrogen) atoms. The molecule has 2 aromatic rings. The summed E-state index contributed by atoms with van der Waals surface area (Å²) in [5.74, 6) is 0.141. The van der Waals surface area contributed by atoms with Crippen LogP contribution in [0.1, 0.15) is 21.5 Å². The molecule has 2 heteroatoms. The Morgan fingerprint density at radius 2 is 1.81 bits per heavy atom. The number of carbonyl (C=O) groups excluding carboxylic acids is 1. The van der Waals surface area contributed by atoms with E-state index < -0.39 is 0 Å². The highest BCUT2D eigenvalue weighted by molar-refractivity contribution is 6.22. The number of phenolic OH excluding ortho intramolecular Hbond substituents is 1. The molecule has 1 aliphatic rings. The average molecular weight is 210 g/mol. The first-order valence-electron chi connectivity index (χ1n) is 5.16. The number of phenols is 1. The summed E-state index contributed by atoms with van der Waals surface area (Å²) >= 11 is 0. The maximum absolute atomic E-state index is 12.1. The number of aryl methyl sites for hydroxylation is 1. The highest BCUT2D eigenvalue weighted by Crippen LogP contribution is 2.39. The van der Waals surface area contributed by atoms with E-state index in [9.17, 15) is 9.90 Å². The van der Waals surface area contributed by atoms with Crippen molar-refractivity contribution in [2.45, 2.75) is 6.92 Å². The smallest absolute Gasteiger partial charge is 0.194 e. The molecule has 0 atom stereocenters. The Bertz CT molecular complexity index is 612. The predicted molar refractivity (Wildman–Crippen MR) is 61.7 cm³/mol. The van der Waals surface area contributed by atoms with Crippen LogP contribution in [0.15, 0.2) is 36.4 Å². The fourth-order valence-electron chi connectivity index (χ4n) is 2.30. The molecular formula is C14H10O2. The van der Waals surface area contributed by atoms with E-state index in [4.69, 9.17) is 0 Å². The van der Waals surface area contributed by atoms with Crippen LogP contribution in [0.2, 0.25) is 0 Å². The van der Waals surface area contributed by atoms with Crippen molar-refractivity contribution in [2.24, 2.45) is 0 Å². The first-order chi connectivity index (χ1) is 7.68. The zero-order chi connectivity index (χ0) is 11.3. The van der Waals surface area contributed by atoms with Gasteiger partial charge in [0.1, 0.15) is 5.75 Å². The minimum Gasteiger partial charge on any atom is -0.508 e. The quantitative estimate of drug-likeness (QED) is 0.619. The van der Waals surface area contributed by atoms with Gasteiger partial charge in [0.25, 0.3) is 0 Å². The van der Waals surface area contributed by atoms with Gasteiger partial charge in [0.2, 0.25) is 0 Å². The second-order valence-corrected chi connectivity index (χ2v) is 4.06. The molecule has 0 bridgehead atoms. The monoisotopic (exact) mass is 210 g/mol. The maximum Gasteiger partial charge on any atom is 0.194 e. The van der Waals surface area contributed by atoms with E-state index in [0.717, 1.165) is 22.3 Å². The fourth-order valence-corrected chi connectivity index (χ4v) is 2.30. The number of hydrogen-bond acceptors (Lipinski definition) is 2. The lowest BCUT2D eigenvalue weighted by Crippen LogP contribution is -1.94. The Balaban J connectivity index is 2.41. The van der Waals surface area contributed by atoms with E-state index in [-0.39, 0.29) is 11.5 Å². The van der Waals surface area contributed by atoms with Crippen molar-refractivity contribution in [3.63, 3.8) is 0 Å². The van der Waals surface area contributed by atoms with Crippen LogP contribution in [-0.4, -0.2) is 10.9 Å². The van der Waals surface area contributed by atoms with E-state index >= 15 is 0 Å². The standard InChI is InChI=1S/C14H10O2/c1-8-3-2-4-11-13(8)10-6-5-9(15)7-12(10)14(11)16/h2-7,15H,1H3. The number of rotatable bonds is 0. The summed E-state index contributed by atoms with van der Waals surface area (Å²) in [5, 5.41) is 9.41. The van der Waals surface area contributed by atoms with Gasteiger partial charge in [0.05, 0.1) is 0 Å². The first kappa shape index (κ1) is 9.16. The van der Waals surface area contributed by atoms with Crippen LogP contribution in [0.3, 0.4) is 0 Å². The third-order valence-corrected chi connectivity index (χ3v) is 3.03. The Labute approximate surface area is 93.2 Å². The van der Waals surface area contributed by atoms with Gasteiger partial charge in [-0.3, -0.25) is 4.79 Å². The maximum atomic E-state index is 12.1. The predicted octanol–water partition coefficient (Wildman–Crippen LogP) is 2.91. The summed E-state index contributed by atoms with van der Waals surface area (Å²) < 4.78 is 0. The first-order valence-corrected chi connectivity index (χ1v) is 5.16. The zero-order valence-electron chi connectivity index (χ0n) is 8.82. The van der Waals surface area contributed by atoms with E-state index in [2.05, 4.69) is 0 Å². The van der Waals surface area contributed by atoms with E-state index in [1.54, 1.807) is 12.1 Å². The number of carbonyl (C=O) groups is 1. The molecule has 2 aromatic carbocycles. The zero-order valence-corrected chi connectivity index (χ0v) is 8.82. The van der Waals surface area contributed by atoms with Crippen molar-refractivity contribution >= 4 is 5.78 Å². The van der Waals surface area contributed by atoms with Gasteiger partial charge < -0.3 is 5.11 Å². The lowest BCUT2D eigenvalue weighted by atomic mass is 10.0. The molecule has 78 valence electrons. The molecule has 2 nitrogen and oxygen atoms in total. The normalized spacial score (nSPS) is 12.4. The molecule has 0 spiro atoms. The van der Waals surface area contributed by atoms with Gasteiger partial charge in [-0.1, -0.05) is 18.2 Å². The Kier molecular flexibility index (Phi) is 1.69. The highest BCUT2D eigenvalue weighted by Gasteiger charge is 2.27. The van der Waals surface area contributed by atoms with Gasteiger partial charge in [-0.05, 0) is 41.8 Å². The van der Waals surface area contributed by atoms with E-state index in [0.29, 0.717) is 5.56 Å². The van der Waals surface area contributed by atoms with Crippen molar-refractivity contribution in [1.29, 1.82) is 0 Å². The van der Waals surface area contributed by atoms with Crippen molar-refractivity contribution < 1.29 is 9.90 Å². The van der Waals surface area contributed by atoms with Crippen molar-refractivity contribution in [3.05, 3.63) is 53.1 Å². The number of hydrogen-bond donors (Lipinski definition) is 1. The van der Waals surface area contributed by atoms with Gasteiger partial charge in [-0.15, -0.1) is 0 Å². The van der Waals surface area contributed by atoms with Crippen LogP contribution in [-0.2, 0) is 0 Å². The fraction of sp³-hybridized carbons (Fsp3) is 0.0714. The molecule has 1 aliphatic carbocycles. The molecule has 0 heterocycles. The molecule has 0 saturated carbocycles.